The van der Waals surface area contributed by atoms with Crippen LogP contribution in [0, 0.1) is 5.92 Å². The van der Waals surface area contributed by atoms with Crippen molar-refractivity contribution in [3.8, 4) is 0 Å². The third-order valence-electron chi connectivity index (χ3n) is 3.61. The maximum absolute atomic E-state index is 12.3. The summed E-state index contributed by atoms with van der Waals surface area (Å²) >= 11 is 0. The fraction of sp³-hybridized carbons (Fsp3) is 0.562. The smallest absolute Gasteiger partial charge is 0.238 e. The lowest BCUT2D eigenvalue weighted by atomic mass is 10.0. The van der Waals surface area contributed by atoms with Crippen LogP contribution in [0.1, 0.15) is 19.3 Å². The van der Waals surface area contributed by atoms with Crippen molar-refractivity contribution < 1.29 is 9.59 Å². The first-order valence-corrected chi connectivity index (χ1v) is 10.5. The van der Waals surface area contributed by atoms with Crippen LogP contribution < -0.4 is 22.1 Å². The van der Waals surface area contributed by atoms with Crippen molar-refractivity contribution in [3.63, 3.8) is 0 Å². The highest BCUT2D eigenvalue weighted by Crippen LogP contribution is 2.29. The van der Waals surface area contributed by atoms with Crippen LogP contribution >= 0.6 is 21.6 Å². The zero-order valence-corrected chi connectivity index (χ0v) is 16.1. The van der Waals surface area contributed by atoms with E-state index >= 15 is 0 Å². The van der Waals surface area contributed by atoms with E-state index in [4.69, 9.17) is 11.5 Å². The van der Waals surface area contributed by atoms with Crippen LogP contribution in [-0.2, 0) is 9.59 Å². The lowest BCUT2D eigenvalue weighted by Crippen LogP contribution is -2.46. The molecule has 9 heteroatoms. The van der Waals surface area contributed by atoms with Crippen molar-refractivity contribution in [1.82, 2.24) is 15.6 Å². The number of hydrogen-bond donors (Lipinski definition) is 4. The second-order valence-corrected chi connectivity index (χ2v) is 7.87. The number of carbonyl (C=O) groups is 2. The molecule has 6 N–H and O–H groups in total. The van der Waals surface area contributed by atoms with Crippen LogP contribution in [0.15, 0.2) is 29.4 Å². The first-order chi connectivity index (χ1) is 12.1. The number of amides is 2. The van der Waals surface area contributed by atoms with Crippen molar-refractivity contribution in [2.24, 2.45) is 17.4 Å². The SMILES string of the molecule is CNC(CSSc1ccccn1)C(=O)NCC(CCCCN)C(N)=O. The molecule has 0 radical (unpaired) electrons. The number of pyridine rings is 1. The minimum absolute atomic E-state index is 0.137. The topological polar surface area (TPSA) is 123 Å². The molecular formula is C16H27N5O2S2. The summed E-state index contributed by atoms with van der Waals surface area (Å²) in [5.41, 5.74) is 10.9. The fourth-order valence-electron chi connectivity index (χ4n) is 2.08. The molecule has 0 saturated heterocycles. The van der Waals surface area contributed by atoms with Gasteiger partial charge in [0.05, 0.1) is 12.0 Å². The van der Waals surface area contributed by atoms with E-state index in [-0.39, 0.29) is 24.4 Å². The second kappa shape index (κ2) is 13.0. The van der Waals surface area contributed by atoms with Crippen LogP contribution in [0.25, 0.3) is 0 Å². The highest BCUT2D eigenvalue weighted by Gasteiger charge is 2.20. The highest BCUT2D eigenvalue weighted by molar-refractivity contribution is 8.76. The van der Waals surface area contributed by atoms with Gasteiger partial charge in [0.2, 0.25) is 11.8 Å². The summed E-state index contributed by atoms with van der Waals surface area (Å²) in [6.45, 7) is 0.847. The first kappa shape index (κ1) is 21.8. The van der Waals surface area contributed by atoms with Crippen LogP contribution in [-0.4, -0.2) is 48.7 Å². The number of carbonyl (C=O) groups excluding carboxylic acids is 2. The standard InChI is InChI=1S/C16H27N5O2S2/c1-19-13(11-24-25-14-7-3-5-9-20-14)16(23)21-10-12(15(18)22)6-2-4-8-17/h3,5,7,9,12-13,19H,2,4,6,8,10-11,17H2,1H3,(H2,18,22)(H,21,23). The van der Waals surface area contributed by atoms with Crippen LogP contribution in [0.3, 0.4) is 0 Å². The van der Waals surface area contributed by atoms with E-state index in [1.165, 1.54) is 10.8 Å². The van der Waals surface area contributed by atoms with E-state index in [1.807, 2.05) is 18.2 Å². The monoisotopic (exact) mass is 385 g/mol. The average Bonchev–Trinajstić information content (AvgIpc) is 2.62. The average molecular weight is 386 g/mol. The number of unbranched alkanes of at least 4 members (excludes halogenated alkanes) is 1. The van der Waals surface area contributed by atoms with Gasteiger partial charge in [-0.2, -0.15) is 0 Å². The summed E-state index contributed by atoms with van der Waals surface area (Å²) in [6.07, 6.45) is 4.05. The fourth-order valence-corrected chi connectivity index (χ4v) is 4.23. The molecule has 0 bridgehead atoms. The van der Waals surface area contributed by atoms with E-state index in [0.717, 1.165) is 17.9 Å². The quantitative estimate of drug-likeness (QED) is 0.292. The Kier molecular flexibility index (Phi) is 11.3. The van der Waals surface area contributed by atoms with E-state index in [9.17, 15) is 9.59 Å². The van der Waals surface area contributed by atoms with Gasteiger partial charge in [0.1, 0.15) is 5.03 Å². The molecule has 2 atom stereocenters. The maximum atomic E-state index is 12.3. The largest absolute Gasteiger partial charge is 0.369 e. The summed E-state index contributed by atoms with van der Waals surface area (Å²) < 4.78 is 0. The number of hydrogen-bond acceptors (Lipinski definition) is 7. The number of primary amides is 1. The molecule has 0 aliphatic rings. The van der Waals surface area contributed by atoms with Crippen molar-refractivity contribution in [1.29, 1.82) is 0 Å². The number of rotatable bonds is 13. The molecule has 2 amide bonds. The Balaban J connectivity index is 2.36. The molecule has 2 unspecified atom stereocenters. The van der Waals surface area contributed by atoms with Crippen molar-refractivity contribution in [2.45, 2.75) is 30.3 Å². The van der Waals surface area contributed by atoms with Gasteiger partial charge in [0.25, 0.3) is 0 Å². The summed E-state index contributed by atoms with van der Waals surface area (Å²) in [7, 11) is 4.81. The molecule has 0 saturated carbocycles. The van der Waals surface area contributed by atoms with Gasteiger partial charge in [0, 0.05) is 18.5 Å². The maximum Gasteiger partial charge on any atom is 0.238 e. The Bertz CT molecular complexity index is 519. The van der Waals surface area contributed by atoms with Crippen molar-refractivity contribution in [3.05, 3.63) is 24.4 Å². The van der Waals surface area contributed by atoms with Gasteiger partial charge >= 0.3 is 0 Å². The van der Waals surface area contributed by atoms with Crippen LogP contribution in [0.2, 0.25) is 0 Å². The molecule has 1 heterocycles. The number of nitrogens with zero attached hydrogens (tertiary/aromatic N) is 1. The Hall–Kier alpha value is -1.29. The molecule has 7 nitrogen and oxygen atoms in total. The molecule has 0 aromatic carbocycles. The minimum atomic E-state index is -0.390. The number of aromatic nitrogens is 1. The third-order valence-corrected chi connectivity index (χ3v) is 5.89. The zero-order chi connectivity index (χ0) is 18.5. The predicted octanol–water partition coefficient (Wildman–Crippen LogP) is 0.757. The van der Waals surface area contributed by atoms with Crippen LogP contribution in [0.4, 0.5) is 0 Å². The molecular weight excluding hydrogens is 358 g/mol. The van der Waals surface area contributed by atoms with Crippen molar-refractivity contribution in [2.75, 3.05) is 25.9 Å². The molecule has 1 aromatic rings. The Morgan fingerprint density at radius 3 is 2.72 bits per heavy atom. The zero-order valence-electron chi connectivity index (χ0n) is 14.4. The van der Waals surface area contributed by atoms with E-state index in [2.05, 4.69) is 15.6 Å². The number of nitrogens with two attached hydrogens (primary N) is 2. The molecule has 25 heavy (non-hydrogen) atoms. The predicted molar refractivity (Wildman–Crippen MR) is 104 cm³/mol. The Morgan fingerprint density at radius 1 is 1.32 bits per heavy atom. The summed E-state index contributed by atoms with van der Waals surface area (Å²) in [6, 6.07) is 5.36. The lowest BCUT2D eigenvalue weighted by molar-refractivity contribution is -0.124. The highest BCUT2D eigenvalue weighted by atomic mass is 33.1. The van der Waals surface area contributed by atoms with Gasteiger partial charge in [-0.15, -0.1) is 0 Å². The normalized spacial score (nSPS) is 13.2. The lowest BCUT2D eigenvalue weighted by Gasteiger charge is -2.18. The second-order valence-electron chi connectivity index (χ2n) is 5.51. The van der Waals surface area contributed by atoms with E-state index in [0.29, 0.717) is 18.7 Å². The van der Waals surface area contributed by atoms with Crippen LogP contribution in [0.5, 0.6) is 0 Å². The van der Waals surface area contributed by atoms with Gasteiger partial charge in [0.15, 0.2) is 0 Å². The Morgan fingerprint density at radius 2 is 2.12 bits per heavy atom. The van der Waals surface area contributed by atoms with Crippen molar-refractivity contribution >= 4 is 33.4 Å². The van der Waals surface area contributed by atoms with Gasteiger partial charge in [-0.25, -0.2) is 4.98 Å². The third kappa shape index (κ3) is 9.10. The summed E-state index contributed by atoms with van der Waals surface area (Å²) in [4.78, 5) is 28.0. The molecule has 0 aliphatic carbocycles. The van der Waals surface area contributed by atoms with E-state index < -0.39 is 5.91 Å². The van der Waals surface area contributed by atoms with E-state index in [1.54, 1.807) is 24.0 Å². The molecule has 140 valence electrons. The van der Waals surface area contributed by atoms with Gasteiger partial charge in [-0.1, -0.05) is 23.3 Å². The number of nitrogens with one attached hydrogen (secondary N) is 2. The van der Waals surface area contributed by atoms with Gasteiger partial charge in [-0.05, 0) is 49.4 Å². The Labute approximate surface area is 156 Å². The molecule has 0 spiro atoms. The molecule has 1 rings (SSSR count). The summed E-state index contributed by atoms with van der Waals surface area (Å²) in [5, 5.41) is 6.71. The minimum Gasteiger partial charge on any atom is -0.369 e. The first-order valence-electron chi connectivity index (χ1n) is 8.23. The van der Waals surface area contributed by atoms with Gasteiger partial charge < -0.3 is 22.1 Å². The molecule has 0 fully saturated rings. The van der Waals surface area contributed by atoms with Gasteiger partial charge in [-0.3, -0.25) is 9.59 Å². The summed E-state index contributed by atoms with van der Waals surface area (Å²) in [5.74, 6) is -0.304. The molecule has 1 aromatic heterocycles. The number of likely N-dealkylation sites (N-methyl/N-ethyl adjacent to an activating group) is 1. The molecule has 0 aliphatic heterocycles.